The van der Waals surface area contributed by atoms with Gasteiger partial charge in [-0.1, -0.05) is 227 Å². The van der Waals surface area contributed by atoms with Crippen molar-refractivity contribution < 1.29 is 28.6 Å². The van der Waals surface area contributed by atoms with Gasteiger partial charge in [0.25, 0.3) is 0 Å². The summed E-state index contributed by atoms with van der Waals surface area (Å²) in [5, 5.41) is 0. The van der Waals surface area contributed by atoms with E-state index in [2.05, 4.69) is 118 Å². The summed E-state index contributed by atoms with van der Waals surface area (Å²) in [4.78, 5) is 38.0. The summed E-state index contributed by atoms with van der Waals surface area (Å²) in [6.07, 6.45) is 72.6. The van der Waals surface area contributed by atoms with Gasteiger partial charge in [-0.15, -0.1) is 0 Å². The molecule has 0 rings (SSSR count). The van der Waals surface area contributed by atoms with E-state index in [9.17, 15) is 14.4 Å². The van der Waals surface area contributed by atoms with Gasteiger partial charge in [0.15, 0.2) is 6.10 Å². The second kappa shape index (κ2) is 54.9. The largest absolute Gasteiger partial charge is 0.462 e. The molecule has 0 fully saturated rings. The number of hydrogen-bond acceptors (Lipinski definition) is 6. The molecule has 6 nitrogen and oxygen atoms in total. The Morgan fingerprint density at radius 2 is 0.582 bits per heavy atom. The number of carbonyl (C=O) groups is 3. The Kier molecular flexibility index (Phi) is 51.9. The van der Waals surface area contributed by atoms with Gasteiger partial charge in [-0.05, 0) is 103 Å². The highest BCUT2D eigenvalue weighted by atomic mass is 16.6. The minimum atomic E-state index is -0.794. The maximum atomic E-state index is 12.8. The second-order valence-electron chi connectivity index (χ2n) is 18.1. The van der Waals surface area contributed by atoms with Crippen LogP contribution in [0.2, 0.25) is 0 Å². The molecule has 0 spiro atoms. The first-order valence-electron chi connectivity index (χ1n) is 27.7. The van der Waals surface area contributed by atoms with Gasteiger partial charge >= 0.3 is 17.9 Å². The lowest BCUT2D eigenvalue weighted by molar-refractivity contribution is -0.167. The molecule has 0 N–H and O–H groups in total. The van der Waals surface area contributed by atoms with Crippen molar-refractivity contribution in [2.75, 3.05) is 13.2 Å². The summed E-state index contributed by atoms with van der Waals surface area (Å²) in [5.41, 5.74) is 0. The zero-order valence-electron chi connectivity index (χ0n) is 43.6. The van der Waals surface area contributed by atoms with Crippen LogP contribution in [-0.4, -0.2) is 37.2 Å². The van der Waals surface area contributed by atoms with Gasteiger partial charge in [0.1, 0.15) is 13.2 Å². The summed E-state index contributed by atoms with van der Waals surface area (Å²) in [5.74, 6) is -0.936. The fourth-order valence-corrected chi connectivity index (χ4v) is 7.42. The third kappa shape index (κ3) is 53.2. The van der Waals surface area contributed by atoms with Gasteiger partial charge in [-0.3, -0.25) is 14.4 Å². The van der Waals surface area contributed by atoms with Gasteiger partial charge < -0.3 is 14.2 Å². The van der Waals surface area contributed by atoms with E-state index in [1.54, 1.807) is 0 Å². The number of esters is 3. The molecule has 0 heterocycles. The van der Waals surface area contributed by atoms with E-state index in [4.69, 9.17) is 14.2 Å². The van der Waals surface area contributed by atoms with Crippen LogP contribution in [-0.2, 0) is 28.6 Å². The average Bonchev–Trinajstić information content (AvgIpc) is 3.33. The Bertz CT molecular complexity index is 1350. The number of unbranched alkanes of at least 4 members (excludes halogenated alkanes) is 22. The molecule has 0 saturated heterocycles. The van der Waals surface area contributed by atoms with Gasteiger partial charge in [-0.2, -0.15) is 0 Å². The number of carbonyl (C=O) groups excluding carboxylic acids is 3. The van der Waals surface area contributed by atoms with Crippen LogP contribution in [0.1, 0.15) is 252 Å². The van der Waals surface area contributed by atoms with Crippen molar-refractivity contribution in [1.82, 2.24) is 0 Å². The monoisotopic (exact) mass is 931 g/mol. The first kappa shape index (κ1) is 63.3. The lowest BCUT2D eigenvalue weighted by Gasteiger charge is -2.18. The second-order valence-corrected chi connectivity index (χ2v) is 18.1. The van der Waals surface area contributed by atoms with Crippen LogP contribution < -0.4 is 0 Å². The molecule has 382 valence electrons. The van der Waals surface area contributed by atoms with Crippen molar-refractivity contribution in [3.63, 3.8) is 0 Å². The molecule has 0 amide bonds. The predicted molar refractivity (Wildman–Crippen MR) is 288 cm³/mol. The summed E-state index contributed by atoms with van der Waals surface area (Å²) < 4.78 is 16.8. The molecular formula is C61H102O6. The third-order valence-corrected chi connectivity index (χ3v) is 11.6. The molecular weight excluding hydrogens is 829 g/mol. The Hall–Kier alpha value is -3.67. The van der Waals surface area contributed by atoms with Crippen molar-refractivity contribution in [2.24, 2.45) is 0 Å². The molecule has 0 bridgehead atoms. The van der Waals surface area contributed by atoms with Crippen molar-refractivity contribution in [3.05, 3.63) is 97.2 Å². The minimum absolute atomic E-state index is 0.0907. The van der Waals surface area contributed by atoms with Crippen LogP contribution in [0, 0.1) is 0 Å². The first-order chi connectivity index (χ1) is 33.0. The first-order valence-corrected chi connectivity index (χ1v) is 27.7. The van der Waals surface area contributed by atoms with Crippen LogP contribution in [0.25, 0.3) is 0 Å². The zero-order chi connectivity index (χ0) is 48.6. The van der Waals surface area contributed by atoms with E-state index in [0.29, 0.717) is 19.3 Å². The van der Waals surface area contributed by atoms with Gasteiger partial charge in [0, 0.05) is 19.3 Å². The molecule has 67 heavy (non-hydrogen) atoms. The van der Waals surface area contributed by atoms with Crippen LogP contribution in [0.15, 0.2) is 97.2 Å². The number of hydrogen-bond donors (Lipinski definition) is 0. The van der Waals surface area contributed by atoms with Crippen molar-refractivity contribution in [2.45, 2.75) is 258 Å². The van der Waals surface area contributed by atoms with E-state index >= 15 is 0 Å². The third-order valence-electron chi connectivity index (χ3n) is 11.6. The molecule has 1 atom stereocenters. The van der Waals surface area contributed by atoms with E-state index in [0.717, 1.165) is 122 Å². The maximum Gasteiger partial charge on any atom is 0.306 e. The summed E-state index contributed by atoms with van der Waals surface area (Å²) in [7, 11) is 0. The normalized spacial score (nSPS) is 12.8. The molecule has 0 aliphatic rings. The fourth-order valence-electron chi connectivity index (χ4n) is 7.42. The molecule has 6 heteroatoms. The molecule has 1 unspecified atom stereocenters. The van der Waals surface area contributed by atoms with Crippen LogP contribution >= 0.6 is 0 Å². The maximum absolute atomic E-state index is 12.8. The summed E-state index contributed by atoms with van der Waals surface area (Å²) >= 11 is 0. The zero-order valence-corrected chi connectivity index (χ0v) is 43.6. The number of rotatable bonds is 49. The van der Waals surface area contributed by atoms with E-state index in [1.807, 2.05) is 0 Å². The summed E-state index contributed by atoms with van der Waals surface area (Å²) in [6.45, 7) is 6.46. The van der Waals surface area contributed by atoms with E-state index < -0.39 is 6.10 Å². The Balaban J connectivity index is 4.36. The minimum Gasteiger partial charge on any atom is -0.462 e. The molecule has 0 radical (unpaired) electrons. The quantitative estimate of drug-likeness (QED) is 0.0262. The summed E-state index contributed by atoms with van der Waals surface area (Å²) in [6, 6.07) is 0. The SMILES string of the molecule is CC/C=C\C/C=C\C/C=C\C/C=C\C/C=C\C/C=C\C/C=C\CCCCCC(=O)OCC(COC(=O)CCCCCCCCCCC)OC(=O)CCCCCCC/C=C\CCCCCCCC. The van der Waals surface area contributed by atoms with E-state index in [1.165, 1.54) is 89.9 Å². The Labute approximate surface area is 413 Å². The van der Waals surface area contributed by atoms with Crippen LogP contribution in [0.3, 0.4) is 0 Å². The van der Waals surface area contributed by atoms with Gasteiger partial charge in [-0.25, -0.2) is 0 Å². The topological polar surface area (TPSA) is 78.9 Å². The van der Waals surface area contributed by atoms with Gasteiger partial charge in [0.05, 0.1) is 0 Å². The van der Waals surface area contributed by atoms with Crippen LogP contribution in [0.5, 0.6) is 0 Å². The molecule has 0 aromatic heterocycles. The molecule has 0 saturated carbocycles. The predicted octanol–water partition coefficient (Wildman–Crippen LogP) is 18.5. The highest BCUT2D eigenvalue weighted by Gasteiger charge is 2.19. The Morgan fingerprint density at radius 3 is 0.940 bits per heavy atom. The number of allylic oxidation sites excluding steroid dienone is 16. The highest BCUT2D eigenvalue weighted by molar-refractivity contribution is 5.71. The molecule has 0 aliphatic heterocycles. The van der Waals surface area contributed by atoms with Crippen LogP contribution in [0.4, 0.5) is 0 Å². The Morgan fingerprint density at radius 1 is 0.313 bits per heavy atom. The lowest BCUT2D eigenvalue weighted by atomic mass is 10.1. The van der Waals surface area contributed by atoms with Crippen molar-refractivity contribution >= 4 is 17.9 Å². The standard InChI is InChI=1S/C61H102O6/c1-4-7-10-13-16-19-21-23-25-26-27-28-29-30-31-32-33-34-36-37-39-42-45-48-51-54-60(63)66-57-58(56-65-59(62)53-50-47-44-41-18-15-12-9-6-3)67-61(64)55-52-49-46-43-40-38-35-24-22-20-17-14-11-8-5-2/h7,10,16,19,23-25,27-28,30-31,33-35,37,39,58H,4-6,8-9,11-15,17-18,20-22,26,29,32,36,38,40-57H2,1-3H3/b10-7-,19-16-,25-23-,28-27-,31-30-,34-33-,35-24-,39-37-. The smallest absolute Gasteiger partial charge is 0.306 e. The lowest BCUT2D eigenvalue weighted by Crippen LogP contribution is -2.30. The van der Waals surface area contributed by atoms with Gasteiger partial charge in [0.2, 0.25) is 0 Å². The molecule has 0 aromatic carbocycles. The average molecular weight is 931 g/mol. The van der Waals surface area contributed by atoms with E-state index in [-0.39, 0.29) is 31.1 Å². The number of ether oxygens (including phenoxy) is 3. The molecule has 0 aromatic rings. The van der Waals surface area contributed by atoms with Crippen molar-refractivity contribution in [1.29, 1.82) is 0 Å². The fraction of sp³-hybridized carbons (Fsp3) is 0.689. The highest BCUT2D eigenvalue weighted by Crippen LogP contribution is 2.14. The molecule has 0 aliphatic carbocycles. The van der Waals surface area contributed by atoms with Crippen molar-refractivity contribution in [3.8, 4) is 0 Å².